The predicted octanol–water partition coefficient (Wildman–Crippen LogP) is 5.29. The van der Waals surface area contributed by atoms with Gasteiger partial charge in [0.1, 0.15) is 10.7 Å². The van der Waals surface area contributed by atoms with Gasteiger partial charge >= 0.3 is 0 Å². The van der Waals surface area contributed by atoms with E-state index in [2.05, 4.69) is 20.2 Å². The molecule has 4 heterocycles. The average Bonchev–Trinajstić information content (AvgIpc) is 3.76. The number of nitrogens with zero attached hydrogens (tertiary/aromatic N) is 4. The van der Waals surface area contributed by atoms with Crippen molar-refractivity contribution in [1.82, 2.24) is 14.3 Å². The Kier molecular flexibility index (Phi) is 7.00. The summed E-state index contributed by atoms with van der Waals surface area (Å²) in [4.78, 5) is 24.7. The topological polar surface area (TPSA) is 109 Å². The Labute approximate surface area is 233 Å². The molecule has 9 nitrogen and oxygen atoms in total. The second-order valence-corrected chi connectivity index (χ2v) is 12.5. The maximum Gasteiger partial charge on any atom is 0.275 e. The maximum absolute atomic E-state index is 13.3. The van der Waals surface area contributed by atoms with Crippen molar-refractivity contribution >= 4 is 50.0 Å². The van der Waals surface area contributed by atoms with Crippen LogP contribution < -0.4 is 10.2 Å². The van der Waals surface area contributed by atoms with E-state index in [1.165, 1.54) is 22.0 Å². The van der Waals surface area contributed by atoms with Crippen LogP contribution in [-0.4, -0.2) is 54.8 Å². The summed E-state index contributed by atoms with van der Waals surface area (Å²) in [5, 5.41) is 7.54. The molecule has 0 radical (unpaired) electrons. The minimum Gasteiger partial charge on any atom is -0.444 e. The molecule has 2 aromatic carbocycles. The molecule has 0 aliphatic carbocycles. The molecule has 1 fully saturated rings. The lowest BCUT2D eigenvalue weighted by molar-refractivity contribution is 0.102. The van der Waals surface area contributed by atoms with Gasteiger partial charge < -0.3 is 14.6 Å². The van der Waals surface area contributed by atoms with Crippen molar-refractivity contribution in [3.63, 3.8) is 0 Å². The van der Waals surface area contributed by atoms with Crippen LogP contribution in [0.3, 0.4) is 0 Å². The van der Waals surface area contributed by atoms with E-state index in [4.69, 9.17) is 4.42 Å². The number of oxazole rings is 1. The molecule has 0 bridgehead atoms. The number of thiazole rings is 1. The van der Waals surface area contributed by atoms with Gasteiger partial charge in [-0.05, 0) is 47.8 Å². The Morgan fingerprint density at radius 1 is 0.949 bits per heavy atom. The summed E-state index contributed by atoms with van der Waals surface area (Å²) in [6, 6.07) is 18.1. The summed E-state index contributed by atoms with van der Waals surface area (Å²) in [5.74, 6) is 0.299. The SMILES string of the molecule is O=C(Nc1ccccc1N1CCN(S(=O)(=O)c2ccc(-c3cnco3)cc2)CC1)c1csc(-c2cccs2)n1. The molecular formula is C27H23N5O4S3. The van der Waals surface area contributed by atoms with Crippen LogP contribution in [0, 0.1) is 0 Å². The van der Waals surface area contributed by atoms with Gasteiger partial charge in [0, 0.05) is 37.1 Å². The van der Waals surface area contributed by atoms with E-state index in [0.29, 0.717) is 43.3 Å². The number of thiophene rings is 1. The van der Waals surface area contributed by atoms with Crippen LogP contribution in [0.4, 0.5) is 11.4 Å². The Hall–Kier alpha value is -3.84. The summed E-state index contributed by atoms with van der Waals surface area (Å²) in [6.07, 6.45) is 2.92. The summed E-state index contributed by atoms with van der Waals surface area (Å²) in [6.45, 7) is 1.62. The Bertz CT molecular complexity index is 1670. The van der Waals surface area contributed by atoms with E-state index < -0.39 is 10.0 Å². The van der Waals surface area contributed by atoms with Gasteiger partial charge in [0.05, 0.1) is 27.3 Å². The molecule has 12 heteroatoms. The fourth-order valence-electron chi connectivity index (χ4n) is 4.40. The molecule has 1 N–H and O–H groups in total. The first-order valence-electron chi connectivity index (χ1n) is 12.1. The molecule has 0 unspecified atom stereocenters. The molecule has 1 amide bonds. The quantitative estimate of drug-likeness (QED) is 0.280. The summed E-state index contributed by atoms with van der Waals surface area (Å²) >= 11 is 3.02. The number of rotatable bonds is 7. The van der Waals surface area contributed by atoms with Crippen molar-refractivity contribution in [1.29, 1.82) is 0 Å². The van der Waals surface area contributed by atoms with Gasteiger partial charge in [-0.1, -0.05) is 18.2 Å². The molecule has 5 aromatic rings. The zero-order chi connectivity index (χ0) is 26.8. The molecule has 0 atom stereocenters. The van der Waals surface area contributed by atoms with Crippen LogP contribution in [0.25, 0.3) is 21.2 Å². The number of aromatic nitrogens is 2. The molecule has 6 rings (SSSR count). The van der Waals surface area contributed by atoms with Crippen LogP contribution >= 0.6 is 22.7 Å². The highest BCUT2D eigenvalue weighted by Gasteiger charge is 2.29. The second-order valence-electron chi connectivity index (χ2n) is 8.77. The van der Waals surface area contributed by atoms with Crippen molar-refractivity contribution in [3.05, 3.63) is 89.7 Å². The van der Waals surface area contributed by atoms with Gasteiger partial charge in [-0.25, -0.2) is 18.4 Å². The van der Waals surface area contributed by atoms with E-state index in [1.54, 1.807) is 47.2 Å². The number of hydrogen-bond acceptors (Lipinski definition) is 9. The number of benzene rings is 2. The number of carbonyl (C=O) groups excluding carboxylic acids is 1. The third-order valence-corrected chi connectivity index (χ3v) is 10.2. The lowest BCUT2D eigenvalue weighted by Gasteiger charge is -2.36. The zero-order valence-electron chi connectivity index (χ0n) is 20.6. The predicted molar refractivity (Wildman–Crippen MR) is 153 cm³/mol. The summed E-state index contributed by atoms with van der Waals surface area (Å²) in [7, 11) is -3.65. The number of hydrogen-bond donors (Lipinski definition) is 1. The molecular weight excluding hydrogens is 555 g/mol. The maximum atomic E-state index is 13.3. The standard InChI is InChI=1S/C27H23N5O4S3/c33-26(22-17-38-27(30-22)25-6-3-15-37-25)29-21-4-1-2-5-23(21)31-11-13-32(14-12-31)39(34,35)20-9-7-19(8-10-20)24-16-28-18-36-24/h1-10,15-18H,11-14H2,(H,29,33). The Balaban J connectivity index is 1.12. The van der Waals surface area contributed by atoms with Crippen molar-refractivity contribution in [3.8, 4) is 21.2 Å². The molecule has 0 saturated carbocycles. The third-order valence-electron chi connectivity index (χ3n) is 6.41. The van der Waals surface area contributed by atoms with Crippen molar-refractivity contribution < 1.29 is 17.6 Å². The van der Waals surface area contributed by atoms with Crippen LogP contribution in [0.1, 0.15) is 10.5 Å². The Morgan fingerprint density at radius 2 is 1.74 bits per heavy atom. The van der Waals surface area contributed by atoms with Gasteiger partial charge in [-0.2, -0.15) is 4.31 Å². The summed E-state index contributed by atoms with van der Waals surface area (Å²) in [5.41, 5.74) is 2.62. The van der Waals surface area contributed by atoms with Gasteiger partial charge in [0.2, 0.25) is 10.0 Å². The van der Waals surface area contributed by atoms with E-state index in [-0.39, 0.29) is 10.8 Å². The number of carbonyl (C=O) groups is 1. The number of piperazine rings is 1. The molecule has 1 saturated heterocycles. The average molecular weight is 578 g/mol. The van der Waals surface area contributed by atoms with Crippen LogP contribution in [0.15, 0.2) is 93.3 Å². The van der Waals surface area contributed by atoms with E-state index in [9.17, 15) is 13.2 Å². The van der Waals surface area contributed by atoms with Crippen molar-refractivity contribution in [2.24, 2.45) is 0 Å². The van der Waals surface area contributed by atoms with Crippen LogP contribution in [-0.2, 0) is 10.0 Å². The van der Waals surface area contributed by atoms with E-state index in [0.717, 1.165) is 21.1 Å². The smallest absolute Gasteiger partial charge is 0.275 e. The highest BCUT2D eigenvalue weighted by molar-refractivity contribution is 7.89. The lowest BCUT2D eigenvalue weighted by atomic mass is 10.2. The summed E-state index contributed by atoms with van der Waals surface area (Å²) < 4.78 is 33.4. The number of sulfonamides is 1. The monoisotopic (exact) mass is 577 g/mol. The highest BCUT2D eigenvalue weighted by Crippen LogP contribution is 2.31. The lowest BCUT2D eigenvalue weighted by Crippen LogP contribution is -2.48. The molecule has 3 aromatic heterocycles. The first-order chi connectivity index (χ1) is 19.0. The van der Waals surface area contributed by atoms with E-state index in [1.807, 2.05) is 41.8 Å². The molecule has 39 heavy (non-hydrogen) atoms. The minimum absolute atomic E-state index is 0.233. The van der Waals surface area contributed by atoms with Gasteiger partial charge in [0.25, 0.3) is 5.91 Å². The zero-order valence-corrected chi connectivity index (χ0v) is 23.0. The largest absolute Gasteiger partial charge is 0.444 e. The third kappa shape index (κ3) is 5.23. The van der Waals surface area contributed by atoms with Crippen LogP contribution in [0.5, 0.6) is 0 Å². The highest BCUT2D eigenvalue weighted by atomic mass is 32.2. The number of para-hydroxylation sites is 2. The van der Waals surface area contributed by atoms with Crippen LogP contribution in [0.2, 0.25) is 0 Å². The minimum atomic E-state index is -3.65. The van der Waals surface area contributed by atoms with Crippen molar-refractivity contribution in [2.75, 3.05) is 36.4 Å². The molecule has 1 aliphatic rings. The van der Waals surface area contributed by atoms with E-state index >= 15 is 0 Å². The Morgan fingerprint density at radius 3 is 2.46 bits per heavy atom. The normalized spacial score (nSPS) is 14.4. The molecule has 1 aliphatic heterocycles. The number of anilines is 2. The number of amides is 1. The van der Waals surface area contributed by atoms with Gasteiger partial charge in [0.15, 0.2) is 12.2 Å². The first kappa shape index (κ1) is 25.4. The number of nitrogens with one attached hydrogen (secondary N) is 1. The van der Waals surface area contributed by atoms with Gasteiger partial charge in [-0.15, -0.1) is 22.7 Å². The first-order valence-corrected chi connectivity index (χ1v) is 15.3. The molecule has 198 valence electrons. The molecule has 0 spiro atoms. The fraction of sp³-hybridized carbons (Fsp3) is 0.148. The second kappa shape index (κ2) is 10.7. The van der Waals surface area contributed by atoms with Crippen molar-refractivity contribution in [2.45, 2.75) is 4.90 Å². The fourth-order valence-corrected chi connectivity index (χ4v) is 7.44. The van der Waals surface area contributed by atoms with Gasteiger partial charge in [-0.3, -0.25) is 4.79 Å².